The molecule has 0 saturated heterocycles. The molecular weight excluding hydrogens is 244 g/mol. The summed E-state index contributed by atoms with van der Waals surface area (Å²) in [4.78, 5) is 16.9. The number of hydrogen-bond acceptors (Lipinski definition) is 3. The summed E-state index contributed by atoms with van der Waals surface area (Å²) in [6, 6.07) is 8.17. The van der Waals surface area contributed by atoms with Gasteiger partial charge in [-0.3, -0.25) is 4.79 Å². The highest BCUT2D eigenvalue weighted by molar-refractivity contribution is 7.09. The predicted molar refractivity (Wildman–Crippen MR) is 73.6 cm³/mol. The average Bonchev–Trinajstić information content (AvgIpc) is 2.74. The smallest absolute Gasteiger partial charge is 0.225 e. The molecule has 1 N–H and O–H groups in total. The Kier molecular flexibility index (Phi) is 4.10. The van der Waals surface area contributed by atoms with Crippen LogP contribution >= 0.6 is 11.3 Å². The van der Waals surface area contributed by atoms with Crippen LogP contribution in [0.15, 0.2) is 29.8 Å². The van der Waals surface area contributed by atoms with Crippen molar-refractivity contribution in [3.63, 3.8) is 0 Å². The van der Waals surface area contributed by atoms with Crippen molar-refractivity contribution < 1.29 is 4.79 Å². The molecule has 3 nitrogen and oxygen atoms in total. The number of carbonyl (C=O) groups excluding carboxylic acids is 1. The van der Waals surface area contributed by atoms with Crippen molar-refractivity contribution in [1.29, 1.82) is 0 Å². The Morgan fingerprint density at radius 1 is 1.28 bits per heavy atom. The van der Waals surface area contributed by atoms with Crippen molar-refractivity contribution >= 4 is 17.2 Å². The highest BCUT2D eigenvalue weighted by atomic mass is 32.1. The first-order valence-electron chi connectivity index (χ1n) is 5.86. The van der Waals surface area contributed by atoms with Gasteiger partial charge in [0.1, 0.15) is 0 Å². The molecule has 0 aliphatic rings. The van der Waals surface area contributed by atoms with E-state index in [0.29, 0.717) is 13.0 Å². The molecule has 1 amide bonds. The van der Waals surface area contributed by atoms with Gasteiger partial charge in [-0.25, -0.2) is 4.98 Å². The standard InChI is InChI=1S/C14H16N2OS/c1-10-3-5-12(6-4-10)8-15-14(17)7-13-11(2)16-9-18-13/h3-6,9H,7-8H2,1-2H3,(H,15,17). The van der Waals surface area contributed by atoms with Gasteiger partial charge in [0.05, 0.1) is 17.6 Å². The molecule has 0 radical (unpaired) electrons. The molecule has 1 aromatic carbocycles. The third kappa shape index (κ3) is 3.40. The largest absolute Gasteiger partial charge is 0.352 e. The zero-order valence-electron chi connectivity index (χ0n) is 10.6. The van der Waals surface area contributed by atoms with Crippen LogP contribution in [0, 0.1) is 13.8 Å². The quantitative estimate of drug-likeness (QED) is 0.918. The Morgan fingerprint density at radius 3 is 2.61 bits per heavy atom. The van der Waals surface area contributed by atoms with Crippen LogP contribution in [-0.4, -0.2) is 10.9 Å². The van der Waals surface area contributed by atoms with Gasteiger partial charge in [-0.05, 0) is 19.4 Å². The molecule has 1 heterocycles. The van der Waals surface area contributed by atoms with Crippen molar-refractivity contribution in [1.82, 2.24) is 10.3 Å². The molecule has 0 bridgehead atoms. The summed E-state index contributed by atoms with van der Waals surface area (Å²) < 4.78 is 0. The highest BCUT2D eigenvalue weighted by Gasteiger charge is 2.07. The monoisotopic (exact) mass is 260 g/mol. The Morgan fingerprint density at radius 2 is 2.00 bits per heavy atom. The normalized spacial score (nSPS) is 10.3. The van der Waals surface area contributed by atoms with E-state index in [1.165, 1.54) is 16.9 Å². The van der Waals surface area contributed by atoms with Crippen molar-refractivity contribution in [2.24, 2.45) is 0 Å². The van der Waals surface area contributed by atoms with E-state index in [1.54, 1.807) is 5.51 Å². The summed E-state index contributed by atoms with van der Waals surface area (Å²) in [6.45, 7) is 4.56. The van der Waals surface area contributed by atoms with E-state index in [0.717, 1.165) is 16.1 Å². The van der Waals surface area contributed by atoms with Crippen LogP contribution in [0.5, 0.6) is 0 Å². The maximum Gasteiger partial charge on any atom is 0.225 e. The number of carbonyl (C=O) groups is 1. The first kappa shape index (κ1) is 12.8. The molecular formula is C14H16N2OS. The number of amides is 1. The van der Waals surface area contributed by atoms with E-state index in [2.05, 4.69) is 29.4 Å². The van der Waals surface area contributed by atoms with Crippen LogP contribution < -0.4 is 5.32 Å². The molecule has 0 aliphatic carbocycles. The lowest BCUT2D eigenvalue weighted by atomic mass is 10.1. The van der Waals surface area contributed by atoms with Crippen LogP contribution in [0.4, 0.5) is 0 Å². The van der Waals surface area contributed by atoms with Crippen LogP contribution in [0.3, 0.4) is 0 Å². The van der Waals surface area contributed by atoms with Crippen molar-refractivity contribution in [3.8, 4) is 0 Å². The summed E-state index contributed by atoms with van der Waals surface area (Å²) in [5.41, 5.74) is 5.07. The highest BCUT2D eigenvalue weighted by Crippen LogP contribution is 2.12. The second-order valence-corrected chi connectivity index (χ2v) is 5.24. The van der Waals surface area contributed by atoms with Crippen LogP contribution in [0.2, 0.25) is 0 Å². The fraction of sp³-hybridized carbons (Fsp3) is 0.286. The van der Waals surface area contributed by atoms with E-state index in [1.807, 2.05) is 19.1 Å². The number of benzene rings is 1. The Balaban J connectivity index is 1.85. The van der Waals surface area contributed by atoms with Gasteiger partial charge in [0.15, 0.2) is 0 Å². The second-order valence-electron chi connectivity index (χ2n) is 4.30. The van der Waals surface area contributed by atoms with E-state index < -0.39 is 0 Å². The van der Waals surface area contributed by atoms with Crippen molar-refractivity contribution in [2.45, 2.75) is 26.8 Å². The first-order valence-corrected chi connectivity index (χ1v) is 6.74. The number of rotatable bonds is 4. The minimum Gasteiger partial charge on any atom is -0.352 e. The number of nitrogens with one attached hydrogen (secondary N) is 1. The van der Waals surface area contributed by atoms with Crippen LogP contribution in [0.25, 0.3) is 0 Å². The molecule has 0 aliphatic heterocycles. The minimum absolute atomic E-state index is 0.0444. The van der Waals surface area contributed by atoms with Gasteiger partial charge in [-0.15, -0.1) is 11.3 Å². The third-order valence-electron chi connectivity index (χ3n) is 2.78. The number of aromatic nitrogens is 1. The first-order chi connectivity index (χ1) is 8.65. The van der Waals surface area contributed by atoms with Gasteiger partial charge in [0, 0.05) is 11.4 Å². The van der Waals surface area contributed by atoms with Crippen LogP contribution in [-0.2, 0) is 17.8 Å². The van der Waals surface area contributed by atoms with Gasteiger partial charge in [0.2, 0.25) is 5.91 Å². The molecule has 1 aromatic heterocycles. The molecule has 0 fully saturated rings. The molecule has 0 unspecified atom stereocenters. The Bertz CT molecular complexity index is 531. The number of thiazole rings is 1. The molecule has 2 aromatic rings. The van der Waals surface area contributed by atoms with E-state index >= 15 is 0 Å². The van der Waals surface area contributed by atoms with Crippen molar-refractivity contribution in [2.75, 3.05) is 0 Å². The van der Waals surface area contributed by atoms with E-state index in [-0.39, 0.29) is 5.91 Å². The molecule has 4 heteroatoms. The average molecular weight is 260 g/mol. The van der Waals surface area contributed by atoms with Gasteiger partial charge in [-0.2, -0.15) is 0 Å². The maximum atomic E-state index is 11.8. The van der Waals surface area contributed by atoms with Gasteiger partial charge in [-0.1, -0.05) is 29.8 Å². The second kappa shape index (κ2) is 5.78. The van der Waals surface area contributed by atoms with E-state index in [4.69, 9.17) is 0 Å². The molecule has 0 saturated carbocycles. The van der Waals surface area contributed by atoms with Gasteiger partial charge < -0.3 is 5.32 Å². The van der Waals surface area contributed by atoms with E-state index in [9.17, 15) is 4.79 Å². The predicted octanol–water partition coefficient (Wildman–Crippen LogP) is 2.62. The molecule has 0 spiro atoms. The molecule has 0 atom stereocenters. The topological polar surface area (TPSA) is 42.0 Å². The Labute approximate surface area is 111 Å². The SMILES string of the molecule is Cc1ccc(CNC(=O)Cc2scnc2C)cc1. The summed E-state index contributed by atoms with van der Waals surface area (Å²) in [6.07, 6.45) is 0.419. The van der Waals surface area contributed by atoms with Gasteiger partial charge in [0.25, 0.3) is 0 Å². The molecule has 18 heavy (non-hydrogen) atoms. The molecule has 94 valence electrons. The third-order valence-corrected chi connectivity index (χ3v) is 3.71. The number of hydrogen-bond donors (Lipinski definition) is 1. The zero-order chi connectivity index (χ0) is 13.0. The maximum absolute atomic E-state index is 11.8. The Hall–Kier alpha value is -1.68. The fourth-order valence-electron chi connectivity index (χ4n) is 1.61. The fourth-order valence-corrected chi connectivity index (χ4v) is 2.39. The number of nitrogens with zero attached hydrogens (tertiary/aromatic N) is 1. The lowest BCUT2D eigenvalue weighted by molar-refractivity contribution is -0.120. The summed E-state index contributed by atoms with van der Waals surface area (Å²) in [7, 11) is 0. The van der Waals surface area contributed by atoms with Crippen molar-refractivity contribution in [3.05, 3.63) is 51.5 Å². The summed E-state index contributed by atoms with van der Waals surface area (Å²) in [5.74, 6) is 0.0444. The van der Waals surface area contributed by atoms with Crippen LogP contribution in [0.1, 0.15) is 21.7 Å². The van der Waals surface area contributed by atoms with Gasteiger partial charge >= 0.3 is 0 Å². The number of aryl methyl sites for hydroxylation is 2. The summed E-state index contributed by atoms with van der Waals surface area (Å²) >= 11 is 1.53. The lowest BCUT2D eigenvalue weighted by Gasteiger charge is -2.05. The minimum atomic E-state index is 0.0444. The zero-order valence-corrected chi connectivity index (χ0v) is 11.4. The lowest BCUT2D eigenvalue weighted by Crippen LogP contribution is -2.24. The molecule has 2 rings (SSSR count). The summed E-state index contributed by atoms with van der Waals surface area (Å²) in [5, 5.41) is 2.92.